The zero-order valence-corrected chi connectivity index (χ0v) is 11.6. The Hall–Kier alpha value is -1.03. The molecule has 1 saturated heterocycles. The molecule has 0 N–H and O–H groups in total. The molecule has 0 amide bonds. The van der Waals surface area contributed by atoms with Gasteiger partial charge in [0.15, 0.2) is 16.1 Å². The van der Waals surface area contributed by atoms with E-state index in [1.165, 1.54) is 11.8 Å². The van der Waals surface area contributed by atoms with Crippen molar-refractivity contribution in [1.29, 1.82) is 5.26 Å². The van der Waals surface area contributed by atoms with Gasteiger partial charge in [-0.2, -0.15) is 5.26 Å². The van der Waals surface area contributed by atoms with E-state index in [1.54, 1.807) is 0 Å². The summed E-state index contributed by atoms with van der Waals surface area (Å²) in [6.45, 7) is 2.92. The van der Waals surface area contributed by atoms with Crippen molar-refractivity contribution in [1.82, 2.24) is 9.97 Å². The lowest BCUT2D eigenvalue weighted by Crippen LogP contribution is -2.28. The van der Waals surface area contributed by atoms with Gasteiger partial charge < -0.3 is 9.64 Å². The second kappa shape index (κ2) is 6.23. The van der Waals surface area contributed by atoms with Gasteiger partial charge in [0.2, 0.25) is 0 Å². The topological polar surface area (TPSA) is 62.0 Å². The summed E-state index contributed by atoms with van der Waals surface area (Å²) in [6.07, 6.45) is 2.80. The van der Waals surface area contributed by atoms with Crippen LogP contribution in [0.1, 0.15) is 12.0 Å². The first-order valence-corrected chi connectivity index (χ1v) is 7.21. The van der Waals surface area contributed by atoms with Crippen molar-refractivity contribution in [2.45, 2.75) is 11.6 Å². The number of hydrogen-bond donors (Lipinski definition) is 0. The number of hydrogen-bond acceptors (Lipinski definition) is 6. The first-order valence-electron chi connectivity index (χ1n) is 5.60. The molecular weight excluding hydrogens is 272 g/mol. The number of halogens is 1. The Morgan fingerprint density at radius 2 is 2.22 bits per heavy atom. The number of nitrogens with zero attached hydrogens (tertiary/aromatic N) is 4. The van der Waals surface area contributed by atoms with Crippen LogP contribution in [0.2, 0.25) is 5.15 Å². The molecule has 1 aromatic heterocycles. The van der Waals surface area contributed by atoms with Gasteiger partial charge in [0.25, 0.3) is 0 Å². The van der Waals surface area contributed by atoms with Crippen molar-refractivity contribution in [2.24, 2.45) is 0 Å². The average molecular weight is 285 g/mol. The molecule has 0 unspecified atom stereocenters. The summed E-state index contributed by atoms with van der Waals surface area (Å²) in [5.74, 6) is 0.618. The summed E-state index contributed by atoms with van der Waals surface area (Å²) in [5, 5.41) is 9.99. The van der Waals surface area contributed by atoms with Crippen LogP contribution in [0.5, 0.6) is 0 Å². The van der Waals surface area contributed by atoms with Gasteiger partial charge in [0.1, 0.15) is 11.6 Å². The van der Waals surface area contributed by atoms with Gasteiger partial charge in [-0.25, -0.2) is 9.97 Å². The van der Waals surface area contributed by atoms with Crippen LogP contribution < -0.4 is 4.90 Å². The minimum atomic E-state index is 0.219. The fraction of sp³-hybridized carbons (Fsp3) is 0.545. The Bertz CT molecular complexity index is 469. The summed E-state index contributed by atoms with van der Waals surface area (Å²) < 4.78 is 5.40. The van der Waals surface area contributed by atoms with Crippen LogP contribution in [-0.2, 0) is 4.74 Å². The van der Waals surface area contributed by atoms with E-state index in [1.807, 2.05) is 11.2 Å². The number of aromatic nitrogens is 2. The molecule has 0 radical (unpaired) electrons. The van der Waals surface area contributed by atoms with Crippen LogP contribution >= 0.6 is 23.4 Å². The number of anilines is 1. The minimum absolute atomic E-state index is 0.219. The van der Waals surface area contributed by atoms with Crippen molar-refractivity contribution in [2.75, 3.05) is 37.5 Å². The van der Waals surface area contributed by atoms with Crippen molar-refractivity contribution >= 4 is 29.2 Å². The first kappa shape index (κ1) is 13.4. The third kappa shape index (κ3) is 2.86. The lowest BCUT2D eigenvalue weighted by Gasteiger charge is -2.22. The molecule has 0 spiro atoms. The molecule has 0 aromatic carbocycles. The normalized spacial score (nSPS) is 16.2. The van der Waals surface area contributed by atoms with Crippen LogP contribution in [0.15, 0.2) is 5.16 Å². The van der Waals surface area contributed by atoms with Crippen LogP contribution in [0, 0.1) is 11.3 Å². The van der Waals surface area contributed by atoms with Crippen molar-refractivity contribution < 1.29 is 4.74 Å². The lowest BCUT2D eigenvalue weighted by molar-refractivity contribution is 0.152. The molecule has 1 aliphatic rings. The Balaban J connectivity index is 2.40. The summed E-state index contributed by atoms with van der Waals surface area (Å²) >= 11 is 7.44. The SMILES string of the molecule is CSc1nc(Cl)c(C#N)c(N2CCCOCC2)n1. The number of rotatable bonds is 2. The number of thioether (sulfide) groups is 1. The van der Waals surface area contributed by atoms with Gasteiger partial charge in [-0.05, 0) is 12.7 Å². The molecule has 0 aliphatic carbocycles. The van der Waals surface area contributed by atoms with E-state index < -0.39 is 0 Å². The summed E-state index contributed by atoms with van der Waals surface area (Å²) in [6, 6.07) is 2.08. The van der Waals surface area contributed by atoms with E-state index >= 15 is 0 Å². The minimum Gasteiger partial charge on any atom is -0.380 e. The Morgan fingerprint density at radius 1 is 1.39 bits per heavy atom. The summed E-state index contributed by atoms with van der Waals surface area (Å²) in [4.78, 5) is 10.5. The fourth-order valence-electron chi connectivity index (χ4n) is 1.78. The van der Waals surface area contributed by atoms with Crippen LogP contribution in [0.3, 0.4) is 0 Å². The first-order chi connectivity index (χ1) is 8.76. The highest BCUT2D eigenvalue weighted by Crippen LogP contribution is 2.26. The van der Waals surface area contributed by atoms with E-state index in [4.69, 9.17) is 16.3 Å². The lowest BCUT2D eigenvalue weighted by atomic mass is 10.3. The molecule has 0 saturated carbocycles. The quantitative estimate of drug-likeness (QED) is 0.470. The molecule has 7 heteroatoms. The van der Waals surface area contributed by atoms with E-state index in [0.717, 1.165) is 26.1 Å². The highest BCUT2D eigenvalue weighted by Gasteiger charge is 2.19. The molecule has 2 rings (SSSR count). The third-order valence-electron chi connectivity index (χ3n) is 2.64. The standard InChI is InChI=1S/C11H13ClN4OS/c1-18-11-14-9(12)8(7-13)10(15-11)16-3-2-5-17-6-4-16/h2-6H2,1H3. The largest absolute Gasteiger partial charge is 0.380 e. The highest BCUT2D eigenvalue weighted by molar-refractivity contribution is 7.98. The molecule has 5 nitrogen and oxygen atoms in total. The van der Waals surface area contributed by atoms with Gasteiger partial charge in [-0.15, -0.1) is 0 Å². The number of nitriles is 1. The Morgan fingerprint density at radius 3 is 2.94 bits per heavy atom. The third-order valence-corrected chi connectivity index (χ3v) is 3.46. The van der Waals surface area contributed by atoms with Crippen molar-refractivity contribution in [3.63, 3.8) is 0 Å². The Labute approximate surface area is 115 Å². The maximum atomic E-state index is 9.18. The molecule has 96 valence electrons. The fourth-order valence-corrected chi connectivity index (χ4v) is 2.40. The molecular formula is C11H13ClN4OS. The zero-order valence-electron chi connectivity index (χ0n) is 10.0. The van der Waals surface area contributed by atoms with Crippen LogP contribution in [0.4, 0.5) is 5.82 Å². The maximum Gasteiger partial charge on any atom is 0.190 e. The molecule has 0 bridgehead atoms. The van der Waals surface area contributed by atoms with E-state index in [2.05, 4.69) is 16.0 Å². The Kier molecular flexibility index (Phi) is 4.64. The second-order valence-electron chi connectivity index (χ2n) is 3.76. The van der Waals surface area contributed by atoms with E-state index in [9.17, 15) is 5.26 Å². The predicted molar refractivity (Wildman–Crippen MR) is 71.2 cm³/mol. The van der Waals surface area contributed by atoms with Crippen LogP contribution in [-0.4, -0.2) is 42.5 Å². The maximum absolute atomic E-state index is 9.18. The van der Waals surface area contributed by atoms with Gasteiger partial charge in [0.05, 0.1) is 6.61 Å². The van der Waals surface area contributed by atoms with Gasteiger partial charge in [-0.1, -0.05) is 23.4 Å². The molecule has 2 heterocycles. The predicted octanol–water partition coefficient (Wildman–Crippen LogP) is 1.95. The monoisotopic (exact) mass is 284 g/mol. The number of ether oxygens (including phenoxy) is 1. The zero-order chi connectivity index (χ0) is 13.0. The molecule has 18 heavy (non-hydrogen) atoms. The van der Waals surface area contributed by atoms with Crippen molar-refractivity contribution in [3.05, 3.63) is 10.7 Å². The van der Waals surface area contributed by atoms with Crippen molar-refractivity contribution in [3.8, 4) is 6.07 Å². The van der Waals surface area contributed by atoms with Gasteiger partial charge in [-0.3, -0.25) is 0 Å². The van der Waals surface area contributed by atoms with E-state index in [-0.39, 0.29) is 5.15 Å². The van der Waals surface area contributed by atoms with Gasteiger partial charge in [0, 0.05) is 19.7 Å². The molecule has 1 aliphatic heterocycles. The van der Waals surface area contributed by atoms with Crippen LogP contribution in [0.25, 0.3) is 0 Å². The molecule has 1 fully saturated rings. The summed E-state index contributed by atoms with van der Waals surface area (Å²) in [5.41, 5.74) is 0.344. The van der Waals surface area contributed by atoms with E-state index in [0.29, 0.717) is 23.1 Å². The van der Waals surface area contributed by atoms with Gasteiger partial charge >= 0.3 is 0 Å². The molecule has 0 atom stereocenters. The average Bonchev–Trinajstić information content (AvgIpc) is 2.66. The second-order valence-corrected chi connectivity index (χ2v) is 4.90. The summed E-state index contributed by atoms with van der Waals surface area (Å²) in [7, 11) is 0. The molecule has 1 aromatic rings. The smallest absolute Gasteiger partial charge is 0.190 e. The highest BCUT2D eigenvalue weighted by atomic mass is 35.5.